The topological polar surface area (TPSA) is 29.9 Å². The van der Waals surface area contributed by atoms with Crippen LogP contribution in [-0.2, 0) is 0 Å². The maximum absolute atomic E-state index is 4.78. The lowest BCUT2D eigenvalue weighted by Gasteiger charge is -2.24. The average molecular weight is 247 g/mol. The second-order valence-electron chi connectivity index (χ2n) is 4.57. The molecule has 1 aliphatic heterocycles. The van der Waals surface area contributed by atoms with Gasteiger partial charge in [-0.1, -0.05) is 6.07 Å². The van der Waals surface area contributed by atoms with Crippen LogP contribution < -0.4 is 5.32 Å². The van der Waals surface area contributed by atoms with Crippen molar-refractivity contribution in [2.24, 2.45) is 0 Å². The highest BCUT2D eigenvalue weighted by Crippen LogP contribution is 2.27. The minimum atomic E-state index is 0.574. The summed E-state index contributed by atoms with van der Waals surface area (Å²) in [5.74, 6) is 0. The first kappa shape index (κ1) is 11.0. The molecule has 0 aliphatic carbocycles. The normalized spacial score (nSPS) is 17.5. The number of nitrogens with one attached hydrogen (secondary N) is 1. The average Bonchev–Trinajstić information content (AvgIpc) is 2.99. The summed E-state index contributed by atoms with van der Waals surface area (Å²) >= 11 is 1.76. The van der Waals surface area contributed by atoms with Gasteiger partial charge in [0.05, 0.1) is 10.9 Å². The second kappa shape index (κ2) is 4.63. The molecule has 3 rings (SSSR count). The maximum atomic E-state index is 4.78. The van der Waals surface area contributed by atoms with E-state index in [9.17, 15) is 0 Å². The van der Waals surface area contributed by atoms with E-state index in [1.165, 1.54) is 23.4 Å². The molecule has 2 aromatic heterocycles. The summed E-state index contributed by atoms with van der Waals surface area (Å²) in [6, 6.07) is 7.00. The predicted molar refractivity (Wildman–Crippen MR) is 71.4 cm³/mol. The molecule has 3 heterocycles. The smallest absolute Gasteiger partial charge is 0.103 e. The van der Waals surface area contributed by atoms with Crippen LogP contribution in [0.25, 0.3) is 10.6 Å². The molecule has 0 atom stereocenters. The first-order chi connectivity index (χ1) is 8.34. The summed E-state index contributed by atoms with van der Waals surface area (Å²) < 4.78 is 2.22. The molecular formula is C13H17N3S. The Morgan fingerprint density at radius 2 is 2.24 bits per heavy atom. The first-order valence-electron chi connectivity index (χ1n) is 6.15. The van der Waals surface area contributed by atoms with Crippen LogP contribution in [0, 0.1) is 6.92 Å². The van der Waals surface area contributed by atoms with Crippen LogP contribution in [0.5, 0.6) is 0 Å². The SMILES string of the molecule is Cc1cc(-c2cccs2)nn1C1CCNCC1. The highest BCUT2D eigenvalue weighted by atomic mass is 32.1. The molecule has 3 nitrogen and oxygen atoms in total. The largest absolute Gasteiger partial charge is 0.317 e. The van der Waals surface area contributed by atoms with Gasteiger partial charge in [-0.15, -0.1) is 11.3 Å². The van der Waals surface area contributed by atoms with Gasteiger partial charge in [-0.3, -0.25) is 4.68 Å². The van der Waals surface area contributed by atoms with Crippen molar-refractivity contribution in [2.45, 2.75) is 25.8 Å². The Morgan fingerprint density at radius 1 is 1.41 bits per heavy atom. The van der Waals surface area contributed by atoms with Gasteiger partial charge in [-0.05, 0) is 50.4 Å². The lowest BCUT2D eigenvalue weighted by atomic mass is 10.1. The molecule has 1 saturated heterocycles. The predicted octanol–water partition coefficient (Wildman–Crippen LogP) is 2.84. The van der Waals surface area contributed by atoms with Crippen molar-refractivity contribution >= 4 is 11.3 Å². The number of hydrogen-bond donors (Lipinski definition) is 1. The monoisotopic (exact) mass is 247 g/mol. The molecule has 1 fully saturated rings. The molecule has 90 valence electrons. The molecule has 17 heavy (non-hydrogen) atoms. The minimum absolute atomic E-state index is 0.574. The van der Waals surface area contributed by atoms with Gasteiger partial charge >= 0.3 is 0 Å². The molecule has 0 bridgehead atoms. The number of thiophene rings is 1. The van der Waals surface area contributed by atoms with Crippen molar-refractivity contribution in [2.75, 3.05) is 13.1 Å². The van der Waals surface area contributed by atoms with Gasteiger partial charge in [-0.2, -0.15) is 5.10 Å². The summed E-state index contributed by atoms with van der Waals surface area (Å²) in [6.07, 6.45) is 2.37. The molecule has 0 unspecified atom stereocenters. The van der Waals surface area contributed by atoms with E-state index in [0.717, 1.165) is 18.8 Å². The number of rotatable bonds is 2. The van der Waals surface area contributed by atoms with Gasteiger partial charge in [0.1, 0.15) is 5.69 Å². The highest BCUT2D eigenvalue weighted by Gasteiger charge is 2.18. The number of hydrogen-bond acceptors (Lipinski definition) is 3. The quantitative estimate of drug-likeness (QED) is 0.884. The van der Waals surface area contributed by atoms with E-state index in [1.54, 1.807) is 11.3 Å². The summed E-state index contributed by atoms with van der Waals surface area (Å²) in [4.78, 5) is 1.26. The first-order valence-corrected chi connectivity index (χ1v) is 7.03. The van der Waals surface area contributed by atoms with Gasteiger partial charge in [0.2, 0.25) is 0 Å². The fourth-order valence-electron chi connectivity index (χ4n) is 2.45. The number of nitrogens with zero attached hydrogens (tertiary/aromatic N) is 2. The van der Waals surface area contributed by atoms with Gasteiger partial charge in [0.15, 0.2) is 0 Å². The van der Waals surface area contributed by atoms with Gasteiger partial charge in [0.25, 0.3) is 0 Å². The van der Waals surface area contributed by atoms with E-state index in [0.29, 0.717) is 6.04 Å². The van der Waals surface area contributed by atoms with E-state index >= 15 is 0 Å². The van der Waals surface area contributed by atoms with E-state index < -0.39 is 0 Å². The zero-order valence-electron chi connectivity index (χ0n) is 10.0. The van der Waals surface area contributed by atoms with Crippen LogP contribution in [-0.4, -0.2) is 22.9 Å². The summed E-state index contributed by atoms with van der Waals surface area (Å²) in [5.41, 5.74) is 2.40. The van der Waals surface area contributed by atoms with Crippen molar-refractivity contribution in [3.05, 3.63) is 29.3 Å². The minimum Gasteiger partial charge on any atom is -0.317 e. The Labute approximate surface area is 105 Å². The Morgan fingerprint density at radius 3 is 2.94 bits per heavy atom. The van der Waals surface area contributed by atoms with Gasteiger partial charge in [-0.25, -0.2) is 0 Å². The molecule has 4 heteroatoms. The van der Waals surface area contributed by atoms with Crippen molar-refractivity contribution < 1.29 is 0 Å². The standard InChI is InChI=1S/C13H17N3S/c1-10-9-12(13-3-2-8-17-13)15-16(10)11-4-6-14-7-5-11/h2-3,8-9,11,14H,4-7H2,1H3. The summed E-state index contributed by atoms with van der Waals surface area (Å²) in [5, 5.41) is 10.3. The Balaban J connectivity index is 1.90. The molecule has 1 aliphatic rings. The van der Waals surface area contributed by atoms with Gasteiger partial charge < -0.3 is 5.32 Å². The van der Waals surface area contributed by atoms with Crippen molar-refractivity contribution in [1.29, 1.82) is 0 Å². The van der Waals surface area contributed by atoms with Crippen LogP contribution in [0.4, 0.5) is 0 Å². The third kappa shape index (κ3) is 2.15. The summed E-state index contributed by atoms with van der Waals surface area (Å²) in [6.45, 7) is 4.38. The maximum Gasteiger partial charge on any atom is 0.103 e. The van der Waals surface area contributed by atoms with E-state index in [-0.39, 0.29) is 0 Å². The van der Waals surface area contributed by atoms with Crippen molar-refractivity contribution in [3.8, 4) is 10.6 Å². The molecule has 0 aromatic carbocycles. The molecule has 0 saturated carbocycles. The van der Waals surface area contributed by atoms with Crippen LogP contribution in [0.1, 0.15) is 24.6 Å². The molecule has 2 aromatic rings. The van der Waals surface area contributed by atoms with E-state index in [2.05, 4.69) is 40.5 Å². The molecule has 0 amide bonds. The Hall–Kier alpha value is -1.13. The number of aromatic nitrogens is 2. The molecule has 0 spiro atoms. The molecule has 0 radical (unpaired) electrons. The van der Waals surface area contributed by atoms with Crippen molar-refractivity contribution in [3.63, 3.8) is 0 Å². The van der Waals surface area contributed by atoms with Crippen molar-refractivity contribution in [1.82, 2.24) is 15.1 Å². The Bertz CT molecular complexity index is 481. The molecule has 1 N–H and O–H groups in total. The van der Waals surface area contributed by atoms with Crippen LogP contribution in [0.2, 0.25) is 0 Å². The van der Waals surface area contributed by atoms with Crippen LogP contribution in [0.15, 0.2) is 23.6 Å². The number of aryl methyl sites for hydroxylation is 1. The lowest BCUT2D eigenvalue weighted by Crippen LogP contribution is -2.30. The molecular weight excluding hydrogens is 230 g/mol. The third-order valence-electron chi connectivity index (χ3n) is 3.35. The van der Waals surface area contributed by atoms with Gasteiger partial charge in [0, 0.05) is 5.69 Å². The Kier molecular flexibility index (Phi) is 2.99. The zero-order valence-corrected chi connectivity index (χ0v) is 10.8. The van der Waals surface area contributed by atoms with E-state index in [4.69, 9.17) is 5.10 Å². The van der Waals surface area contributed by atoms with Crippen LogP contribution >= 0.6 is 11.3 Å². The number of piperidine rings is 1. The fourth-order valence-corrected chi connectivity index (χ4v) is 3.13. The van der Waals surface area contributed by atoms with E-state index in [1.807, 2.05) is 0 Å². The second-order valence-corrected chi connectivity index (χ2v) is 5.52. The highest BCUT2D eigenvalue weighted by molar-refractivity contribution is 7.13. The lowest BCUT2D eigenvalue weighted by molar-refractivity contribution is 0.339. The fraction of sp³-hybridized carbons (Fsp3) is 0.462. The summed E-state index contributed by atoms with van der Waals surface area (Å²) in [7, 11) is 0. The zero-order chi connectivity index (χ0) is 11.7. The third-order valence-corrected chi connectivity index (χ3v) is 4.24. The van der Waals surface area contributed by atoms with Crippen LogP contribution in [0.3, 0.4) is 0 Å².